The topological polar surface area (TPSA) is 67.1 Å². The maximum absolute atomic E-state index is 5.26. The summed E-state index contributed by atoms with van der Waals surface area (Å²) in [5.41, 5.74) is 2.51. The van der Waals surface area contributed by atoms with Crippen LogP contribution in [0.15, 0.2) is 0 Å². The van der Waals surface area contributed by atoms with Gasteiger partial charge in [-0.1, -0.05) is 11.3 Å². The molecule has 0 radical (unpaired) electrons. The SMILES string of the molecule is CC(C1CC1)N(C)Cc1nnc(NN)s1. The zero-order valence-electron chi connectivity index (χ0n) is 9.10. The maximum Gasteiger partial charge on any atom is 0.219 e. The molecule has 6 heteroatoms. The van der Waals surface area contributed by atoms with Crippen LogP contribution in [-0.4, -0.2) is 28.2 Å². The van der Waals surface area contributed by atoms with E-state index in [9.17, 15) is 0 Å². The van der Waals surface area contributed by atoms with Gasteiger partial charge in [-0.3, -0.25) is 10.3 Å². The summed E-state index contributed by atoms with van der Waals surface area (Å²) in [4.78, 5) is 2.33. The van der Waals surface area contributed by atoms with Gasteiger partial charge in [0.1, 0.15) is 5.01 Å². The second kappa shape index (κ2) is 4.42. The summed E-state index contributed by atoms with van der Waals surface area (Å²) >= 11 is 1.51. The molecule has 0 amide bonds. The molecule has 5 nitrogen and oxygen atoms in total. The molecule has 0 bridgehead atoms. The third-order valence-corrected chi connectivity index (χ3v) is 3.81. The van der Waals surface area contributed by atoms with Gasteiger partial charge < -0.3 is 0 Å². The van der Waals surface area contributed by atoms with E-state index in [1.54, 1.807) is 0 Å². The van der Waals surface area contributed by atoms with Crippen LogP contribution in [0.4, 0.5) is 5.13 Å². The molecule has 1 atom stereocenters. The summed E-state index contributed by atoms with van der Waals surface area (Å²) in [6, 6.07) is 0.642. The third kappa shape index (κ3) is 2.64. The van der Waals surface area contributed by atoms with E-state index in [2.05, 4.69) is 34.5 Å². The van der Waals surface area contributed by atoms with Gasteiger partial charge in [0.2, 0.25) is 5.13 Å². The zero-order chi connectivity index (χ0) is 10.8. The minimum atomic E-state index is 0.642. The third-order valence-electron chi connectivity index (χ3n) is 2.97. The average molecular weight is 227 g/mol. The molecular formula is C9H17N5S. The Bertz CT molecular complexity index is 322. The molecule has 0 aromatic carbocycles. The number of nitrogens with one attached hydrogen (secondary N) is 1. The number of nitrogens with zero attached hydrogens (tertiary/aromatic N) is 3. The fourth-order valence-corrected chi connectivity index (χ4v) is 2.39. The number of nitrogens with two attached hydrogens (primary N) is 1. The zero-order valence-corrected chi connectivity index (χ0v) is 9.92. The first-order valence-electron chi connectivity index (χ1n) is 5.20. The second-order valence-corrected chi connectivity index (χ2v) is 5.20. The molecule has 84 valence electrons. The Labute approximate surface area is 93.6 Å². The number of hydrazine groups is 1. The normalized spacial score (nSPS) is 18.1. The lowest BCUT2D eigenvalue weighted by molar-refractivity contribution is 0.226. The molecule has 2 rings (SSSR count). The summed E-state index contributed by atoms with van der Waals surface area (Å²) in [6.45, 7) is 3.14. The first-order chi connectivity index (χ1) is 7.20. The van der Waals surface area contributed by atoms with E-state index < -0.39 is 0 Å². The molecule has 0 spiro atoms. The van der Waals surface area contributed by atoms with Crippen molar-refractivity contribution in [1.29, 1.82) is 0 Å². The molecule has 0 aliphatic heterocycles. The molecular weight excluding hydrogens is 210 g/mol. The van der Waals surface area contributed by atoms with Crippen molar-refractivity contribution >= 4 is 16.5 Å². The lowest BCUT2D eigenvalue weighted by atomic mass is 10.2. The highest BCUT2D eigenvalue weighted by Crippen LogP contribution is 2.35. The number of anilines is 1. The molecule has 1 unspecified atom stereocenters. The standard InChI is InChI=1S/C9H17N5S/c1-6(7-3-4-7)14(2)5-8-12-13-9(11-10)15-8/h6-7H,3-5,10H2,1-2H3,(H,11,13). The number of aromatic nitrogens is 2. The van der Waals surface area contributed by atoms with Crippen LogP contribution in [0.25, 0.3) is 0 Å². The number of nitrogen functional groups attached to an aromatic ring is 1. The van der Waals surface area contributed by atoms with Crippen molar-refractivity contribution in [2.75, 3.05) is 12.5 Å². The predicted octanol–water partition coefficient (Wildman–Crippen LogP) is 1.05. The number of rotatable bonds is 5. The Hall–Kier alpha value is -0.720. The van der Waals surface area contributed by atoms with Gasteiger partial charge in [-0.25, -0.2) is 5.84 Å². The molecule has 1 heterocycles. The van der Waals surface area contributed by atoms with Crippen LogP contribution in [0.2, 0.25) is 0 Å². The van der Waals surface area contributed by atoms with E-state index in [-0.39, 0.29) is 0 Å². The van der Waals surface area contributed by atoms with Crippen molar-refractivity contribution in [3.05, 3.63) is 5.01 Å². The minimum Gasteiger partial charge on any atom is -0.298 e. The highest BCUT2D eigenvalue weighted by Gasteiger charge is 2.30. The van der Waals surface area contributed by atoms with Crippen LogP contribution in [0.3, 0.4) is 0 Å². The largest absolute Gasteiger partial charge is 0.298 e. The Balaban J connectivity index is 1.89. The summed E-state index contributed by atoms with van der Waals surface area (Å²) in [5.74, 6) is 6.14. The van der Waals surface area contributed by atoms with E-state index in [4.69, 9.17) is 5.84 Å². The number of hydrogen-bond donors (Lipinski definition) is 2. The van der Waals surface area contributed by atoms with Crippen LogP contribution in [-0.2, 0) is 6.54 Å². The molecule has 1 aliphatic carbocycles. The summed E-state index contributed by atoms with van der Waals surface area (Å²) in [7, 11) is 2.14. The van der Waals surface area contributed by atoms with Crippen LogP contribution in [0.5, 0.6) is 0 Å². The van der Waals surface area contributed by atoms with Crippen LogP contribution < -0.4 is 11.3 Å². The van der Waals surface area contributed by atoms with Crippen molar-refractivity contribution in [1.82, 2.24) is 15.1 Å². The molecule has 0 saturated heterocycles. The quantitative estimate of drug-likeness (QED) is 0.581. The van der Waals surface area contributed by atoms with Crippen molar-refractivity contribution in [3.63, 3.8) is 0 Å². The fraction of sp³-hybridized carbons (Fsp3) is 0.778. The first-order valence-corrected chi connectivity index (χ1v) is 6.01. The van der Waals surface area contributed by atoms with Gasteiger partial charge in [0.25, 0.3) is 0 Å². The monoisotopic (exact) mass is 227 g/mol. The van der Waals surface area contributed by atoms with Gasteiger partial charge in [0, 0.05) is 6.04 Å². The molecule has 1 aromatic rings. The van der Waals surface area contributed by atoms with Crippen molar-refractivity contribution in [2.24, 2.45) is 11.8 Å². The first kappa shape index (κ1) is 10.8. The van der Waals surface area contributed by atoms with E-state index in [0.717, 1.165) is 17.5 Å². The van der Waals surface area contributed by atoms with E-state index >= 15 is 0 Å². The molecule has 3 N–H and O–H groups in total. The Morgan fingerprint density at radius 1 is 1.60 bits per heavy atom. The maximum atomic E-state index is 5.26. The Kier molecular flexibility index (Phi) is 3.18. The van der Waals surface area contributed by atoms with Crippen LogP contribution in [0, 0.1) is 5.92 Å². The smallest absolute Gasteiger partial charge is 0.219 e. The highest BCUT2D eigenvalue weighted by molar-refractivity contribution is 7.15. The van der Waals surface area contributed by atoms with Gasteiger partial charge in [0.15, 0.2) is 0 Å². The van der Waals surface area contributed by atoms with Gasteiger partial charge >= 0.3 is 0 Å². The van der Waals surface area contributed by atoms with E-state index in [1.807, 2.05) is 0 Å². The van der Waals surface area contributed by atoms with Crippen LogP contribution in [0.1, 0.15) is 24.8 Å². The lowest BCUT2D eigenvalue weighted by Crippen LogP contribution is -2.30. The Morgan fingerprint density at radius 2 is 2.33 bits per heavy atom. The summed E-state index contributed by atoms with van der Waals surface area (Å²) in [5, 5.41) is 9.68. The average Bonchev–Trinajstić information content (AvgIpc) is 2.98. The van der Waals surface area contributed by atoms with Gasteiger partial charge in [-0.15, -0.1) is 10.2 Å². The number of hydrogen-bond acceptors (Lipinski definition) is 6. The van der Waals surface area contributed by atoms with Crippen molar-refractivity contribution in [3.8, 4) is 0 Å². The molecule has 1 fully saturated rings. The van der Waals surface area contributed by atoms with Gasteiger partial charge in [-0.2, -0.15) is 0 Å². The van der Waals surface area contributed by atoms with Crippen molar-refractivity contribution < 1.29 is 0 Å². The molecule has 1 aliphatic rings. The fourth-order valence-electron chi connectivity index (χ4n) is 1.67. The van der Waals surface area contributed by atoms with Gasteiger partial charge in [0.05, 0.1) is 6.54 Å². The van der Waals surface area contributed by atoms with Crippen molar-refractivity contribution in [2.45, 2.75) is 32.4 Å². The predicted molar refractivity (Wildman–Crippen MR) is 61.4 cm³/mol. The Morgan fingerprint density at radius 3 is 2.87 bits per heavy atom. The van der Waals surface area contributed by atoms with E-state index in [0.29, 0.717) is 11.2 Å². The lowest BCUT2D eigenvalue weighted by Gasteiger charge is -2.22. The minimum absolute atomic E-state index is 0.642. The summed E-state index contributed by atoms with van der Waals surface area (Å²) < 4.78 is 0. The summed E-state index contributed by atoms with van der Waals surface area (Å²) in [6.07, 6.45) is 2.74. The van der Waals surface area contributed by atoms with E-state index in [1.165, 1.54) is 24.2 Å². The van der Waals surface area contributed by atoms with Gasteiger partial charge in [-0.05, 0) is 32.7 Å². The second-order valence-electron chi connectivity index (χ2n) is 4.14. The molecule has 15 heavy (non-hydrogen) atoms. The molecule has 1 saturated carbocycles. The molecule has 1 aromatic heterocycles. The van der Waals surface area contributed by atoms with Crippen LogP contribution >= 0.6 is 11.3 Å². The highest BCUT2D eigenvalue weighted by atomic mass is 32.1.